The lowest BCUT2D eigenvalue weighted by atomic mass is 10.0. The number of nitrogens with zero attached hydrogens (tertiary/aromatic N) is 1. The Hall–Kier alpha value is -1.25. The molecule has 2 rings (SSSR count). The van der Waals surface area contributed by atoms with E-state index in [-0.39, 0.29) is 24.3 Å². The van der Waals surface area contributed by atoms with Crippen LogP contribution in [0.2, 0.25) is 0 Å². The van der Waals surface area contributed by atoms with Gasteiger partial charge in [0.15, 0.2) is 0 Å². The van der Waals surface area contributed by atoms with E-state index in [9.17, 15) is 0 Å². The Bertz CT molecular complexity index is 578. The zero-order chi connectivity index (χ0) is 19.1. The summed E-state index contributed by atoms with van der Waals surface area (Å²) in [5.74, 6) is 0. The van der Waals surface area contributed by atoms with Crippen LogP contribution in [-0.2, 0) is 9.05 Å². The molecule has 0 saturated carbocycles. The SMILES string of the molecule is CC(C)OP(OC(C)C)N([C@H](C)c1ccccc1)[C@H](C)c1ccccc1. The maximum Gasteiger partial charge on any atom is 0.260 e. The molecule has 0 aromatic heterocycles. The third-order valence-corrected chi connectivity index (χ3v) is 6.42. The second kappa shape index (κ2) is 10.2. The molecule has 0 fully saturated rings. The van der Waals surface area contributed by atoms with Crippen LogP contribution in [0, 0.1) is 0 Å². The van der Waals surface area contributed by atoms with Crippen molar-refractivity contribution >= 4 is 8.53 Å². The minimum atomic E-state index is -1.20. The van der Waals surface area contributed by atoms with Gasteiger partial charge in [-0.1, -0.05) is 60.7 Å². The molecule has 0 aliphatic carbocycles. The molecule has 2 aromatic carbocycles. The summed E-state index contributed by atoms with van der Waals surface area (Å²) in [6, 6.07) is 21.5. The van der Waals surface area contributed by atoms with Gasteiger partial charge in [0.2, 0.25) is 0 Å². The fraction of sp³-hybridized carbons (Fsp3) is 0.455. The van der Waals surface area contributed by atoms with Crippen LogP contribution in [0.3, 0.4) is 0 Å². The quantitative estimate of drug-likeness (QED) is 0.447. The molecule has 0 unspecified atom stereocenters. The zero-order valence-electron chi connectivity index (χ0n) is 16.8. The molecular weight excluding hydrogens is 341 g/mol. The molecule has 0 bridgehead atoms. The minimum Gasteiger partial charge on any atom is -0.319 e. The van der Waals surface area contributed by atoms with Crippen LogP contribution in [0.25, 0.3) is 0 Å². The van der Waals surface area contributed by atoms with Crippen LogP contribution < -0.4 is 0 Å². The van der Waals surface area contributed by atoms with Crippen molar-refractivity contribution < 1.29 is 9.05 Å². The average Bonchev–Trinajstić information content (AvgIpc) is 2.62. The van der Waals surface area contributed by atoms with Crippen LogP contribution >= 0.6 is 8.53 Å². The summed E-state index contributed by atoms with van der Waals surface area (Å²) in [6.45, 7) is 12.7. The Labute approximate surface area is 160 Å². The summed E-state index contributed by atoms with van der Waals surface area (Å²) in [5, 5.41) is 0. The molecule has 0 heterocycles. The van der Waals surface area contributed by atoms with E-state index in [4.69, 9.17) is 9.05 Å². The lowest BCUT2D eigenvalue weighted by Crippen LogP contribution is -2.29. The number of hydrogen-bond donors (Lipinski definition) is 0. The van der Waals surface area contributed by atoms with Crippen molar-refractivity contribution in [2.24, 2.45) is 0 Å². The van der Waals surface area contributed by atoms with Crippen LogP contribution in [0.4, 0.5) is 0 Å². The Balaban J connectivity index is 2.41. The highest BCUT2D eigenvalue weighted by atomic mass is 31.2. The van der Waals surface area contributed by atoms with Gasteiger partial charge in [0.05, 0.1) is 12.2 Å². The second-order valence-corrected chi connectivity index (χ2v) is 8.46. The van der Waals surface area contributed by atoms with Gasteiger partial charge >= 0.3 is 0 Å². The highest BCUT2D eigenvalue weighted by Crippen LogP contribution is 2.54. The van der Waals surface area contributed by atoms with E-state index in [0.29, 0.717) is 0 Å². The van der Waals surface area contributed by atoms with E-state index in [0.717, 1.165) is 0 Å². The standard InChI is InChI=1S/C22H32NO2P/c1-17(2)24-26(25-18(3)4)23(19(5)21-13-9-7-10-14-21)20(6)22-15-11-8-12-16-22/h7-20H,1-6H3/t19-,20-/m1/s1. The molecule has 0 aliphatic heterocycles. The summed E-state index contributed by atoms with van der Waals surface area (Å²) in [6.07, 6.45) is 0.210. The Morgan fingerprint density at radius 3 is 1.27 bits per heavy atom. The van der Waals surface area contributed by atoms with Gasteiger partial charge in [-0.05, 0) is 52.7 Å². The first kappa shape index (κ1) is 21.1. The van der Waals surface area contributed by atoms with Crippen molar-refractivity contribution in [2.75, 3.05) is 0 Å². The predicted molar refractivity (Wildman–Crippen MR) is 111 cm³/mol. The lowest BCUT2D eigenvalue weighted by molar-refractivity contribution is 0.120. The maximum absolute atomic E-state index is 6.28. The maximum atomic E-state index is 6.28. The van der Waals surface area contributed by atoms with E-state index >= 15 is 0 Å². The Morgan fingerprint density at radius 2 is 0.962 bits per heavy atom. The molecule has 0 N–H and O–H groups in total. The van der Waals surface area contributed by atoms with Crippen molar-refractivity contribution in [3.63, 3.8) is 0 Å². The van der Waals surface area contributed by atoms with E-state index in [1.54, 1.807) is 0 Å². The van der Waals surface area contributed by atoms with E-state index in [1.807, 2.05) is 0 Å². The topological polar surface area (TPSA) is 21.7 Å². The molecule has 142 valence electrons. The summed E-state index contributed by atoms with van der Waals surface area (Å²) < 4.78 is 14.9. The highest BCUT2D eigenvalue weighted by Gasteiger charge is 2.34. The van der Waals surface area contributed by atoms with Crippen LogP contribution in [-0.4, -0.2) is 16.9 Å². The summed E-state index contributed by atoms with van der Waals surface area (Å²) >= 11 is 0. The van der Waals surface area contributed by atoms with Crippen molar-refractivity contribution in [3.8, 4) is 0 Å². The molecular formula is C22H32NO2P. The highest BCUT2D eigenvalue weighted by molar-refractivity contribution is 7.44. The largest absolute Gasteiger partial charge is 0.319 e. The zero-order valence-corrected chi connectivity index (χ0v) is 17.7. The first-order valence-electron chi connectivity index (χ1n) is 9.42. The smallest absolute Gasteiger partial charge is 0.260 e. The van der Waals surface area contributed by atoms with Crippen molar-refractivity contribution in [1.29, 1.82) is 0 Å². The predicted octanol–water partition coefficient (Wildman–Crippen LogP) is 6.89. The van der Waals surface area contributed by atoms with Gasteiger partial charge in [-0.3, -0.25) is 0 Å². The normalized spacial score (nSPS) is 14.4. The van der Waals surface area contributed by atoms with Crippen molar-refractivity contribution in [2.45, 2.75) is 65.8 Å². The van der Waals surface area contributed by atoms with E-state index < -0.39 is 8.53 Å². The van der Waals surface area contributed by atoms with Crippen molar-refractivity contribution in [1.82, 2.24) is 4.67 Å². The monoisotopic (exact) mass is 373 g/mol. The number of rotatable bonds is 9. The van der Waals surface area contributed by atoms with Gasteiger partial charge in [0.25, 0.3) is 8.53 Å². The molecule has 0 spiro atoms. The van der Waals surface area contributed by atoms with Crippen LogP contribution in [0.15, 0.2) is 60.7 Å². The summed E-state index contributed by atoms with van der Waals surface area (Å²) in [4.78, 5) is 0. The van der Waals surface area contributed by atoms with Gasteiger partial charge in [-0.25, -0.2) is 4.67 Å². The molecule has 0 aliphatic rings. The number of benzene rings is 2. The lowest BCUT2D eigenvalue weighted by Gasteiger charge is -2.40. The second-order valence-electron chi connectivity index (χ2n) is 7.10. The molecule has 0 amide bonds. The van der Waals surface area contributed by atoms with E-state index in [1.165, 1.54) is 11.1 Å². The number of hydrogen-bond acceptors (Lipinski definition) is 3. The molecule has 4 heteroatoms. The molecule has 2 aromatic rings. The van der Waals surface area contributed by atoms with E-state index in [2.05, 4.69) is 107 Å². The minimum absolute atomic E-state index is 0.105. The Morgan fingerprint density at radius 1 is 0.615 bits per heavy atom. The molecule has 3 nitrogen and oxygen atoms in total. The van der Waals surface area contributed by atoms with Gasteiger partial charge in [-0.15, -0.1) is 0 Å². The van der Waals surface area contributed by atoms with Gasteiger partial charge < -0.3 is 9.05 Å². The van der Waals surface area contributed by atoms with Gasteiger partial charge in [0.1, 0.15) is 0 Å². The van der Waals surface area contributed by atoms with Gasteiger partial charge in [-0.2, -0.15) is 0 Å². The summed E-state index contributed by atoms with van der Waals surface area (Å²) in [7, 11) is -1.20. The third kappa shape index (κ3) is 5.89. The van der Waals surface area contributed by atoms with Crippen LogP contribution in [0.1, 0.15) is 64.8 Å². The fourth-order valence-electron chi connectivity index (χ4n) is 2.88. The first-order chi connectivity index (χ1) is 12.4. The summed E-state index contributed by atoms with van der Waals surface area (Å²) in [5.41, 5.74) is 2.53. The molecule has 0 saturated heterocycles. The molecule has 26 heavy (non-hydrogen) atoms. The van der Waals surface area contributed by atoms with Gasteiger partial charge in [0, 0.05) is 12.1 Å². The molecule has 2 atom stereocenters. The first-order valence-corrected chi connectivity index (χ1v) is 10.5. The Kier molecular flexibility index (Phi) is 8.24. The molecule has 0 radical (unpaired) electrons. The fourth-order valence-corrected chi connectivity index (χ4v) is 4.70. The van der Waals surface area contributed by atoms with Crippen molar-refractivity contribution in [3.05, 3.63) is 71.8 Å². The third-order valence-electron chi connectivity index (χ3n) is 4.15. The van der Waals surface area contributed by atoms with Crippen LogP contribution in [0.5, 0.6) is 0 Å². The average molecular weight is 373 g/mol.